The second kappa shape index (κ2) is 7.74. The van der Waals surface area contributed by atoms with Crippen molar-refractivity contribution >= 4 is 5.84 Å². The highest BCUT2D eigenvalue weighted by molar-refractivity contribution is 6.02. The summed E-state index contributed by atoms with van der Waals surface area (Å²) in [6, 6.07) is 16.6. The first kappa shape index (κ1) is 18.7. The molecule has 28 heavy (non-hydrogen) atoms. The summed E-state index contributed by atoms with van der Waals surface area (Å²) < 4.78 is 0. The topological polar surface area (TPSA) is 39.1 Å². The maximum absolute atomic E-state index is 11.7. The number of hydrogen-bond acceptors (Lipinski definition) is 4. The second-order valence-corrected chi connectivity index (χ2v) is 7.48. The number of rotatable bonds is 7. The molecule has 144 valence electrons. The van der Waals surface area contributed by atoms with Gasteiger partial charge in [-0.1, -0.05) is 60.7 Å². The molecule has 4 nitrogen and oxygen atoms in total. The van der Waals surface area contributed by atoms with Gasteiger partial charge in [-0.15, -0.1) is 13.2 Å². The van der Waals surface area contributed by atoms with Gasteiger partial charge in [-0.25, -0.2) is 0 Å². The van der Waals surface area contributed by atoms with E-state index < -0.39 is 5.72 Å². The van der Waals surface area contributed by atoms with Gasteiger partial charge in [0, 0.05) is 43.7 Å². The molecule has 0 fully saturated rings. The van der Waals surface area contributed by atoms with E-state index in [2.05, 4.69) is 64.3 Å². The van der Waals surface area contributed by atoms with Crippen LogP contribution < -0.4 is 0 Å². The van der Waals surface area contributed by atoms with E-state index in [4.69, 9.17) is 0 Å². The van der Waals surface area contributed by atoms with Crippen LogP contribution in [0.2, 0.25) is 0 Å². The van der Waals surface area contributed by atoms with E-state index in [0.29, 0.717) is 6.42 Å². The Morgan fingerprint density at radius 1 is 1.07 bits per heavy atom. The monoisotopic (exact) mass is 373 g/mol. The molecule has 4 heteroatoms. The minimum atomic E-state index is -1.05. The van der Waals surface area contributed by atoms with Crippen molar-refractivity contribution in [3.05, 3.63) is 96.1 Å². The van der Waals surface area contributed by atoms with Crippen LogP contribution >= 0.6 is 0 Å². The van der Waals surface area contributed by atoms with Gasteiger partial charge < -0.3 is 10.0 Å². The van der Waals surface area contributed by atoms with Crippen LogP contribution in [0.3, 0.4) is 0 Å². The van der Waals surface area contributed by atoms with E-state index in [9.17, 15) is 5.11 Å². The molecule has 1 atom stereocenters. The van der Waals surface area contributed by atoms with Crippen molar-refractivity contribution in [2.45, 2.75) is 18.7 Å². The Kier molecular flexibility index (Phi) is 5.16. The highest BCUT2D eigenvalue weighted by Gasteiger charge is 2.44. The lowest BCUT2D eigenvalue weighted by molar-refractivity contribution is -0.0745. The van der Waals surface area contributed by atoms with Crippen molar-refractivity contribution < 1.29 is 5.11 Å². The lowest BCUT2D eigenvalue weighted by atomic mass is 9.86. The number of hydrogen-bond donors (Lipinski definition) is 1. The van der Waals surface area contributed by atoms with Crippen LogP contribution in [0.1, 0.15) is 22.3 Å². The average Bonchev–Trinajstić information content (AvgIpc) is 3.20. The van der Waals surface area contributed by atoms with Crippen molar-refractivity contribution in [2.75, 3.05) is 26.2 Å². The second-order valence-electron chi connectivity index (χ2n) is 7.48. The molecule has 0 saturated heterocycles. The van der Waals surface area contributed by atoms with E-state index in [-0.39, 0.29) is 0 Å². The molecule has 0 bridgehead atoms. The van der Waals surface area contributed by atoms with Crippen LogP contribution in [0.5, 0.6) is 0 Å². The normalized spacial score (nSPS) is 20.5. The fourth-order valence-corrected chi connectivity index (χ4v) is 4.25. The Labute approximate surface area is 167 Å². The predicted octanol–water partition coefficient (Wildman–Crippen LogP) is 3.32. The molecular weight excluding hydrogens is 346 g/mol. The molecule has 1 unspecified atom stereocenters. The van der Waals surface area contributed by atoms with Gasteiger partial charge in [0.1, 0.15) is 5.84 Å². The third-order valence-electron chi connectivity index (χ3n) is 5.58. The smallest absolute Gasteiger partial charge is 0.169 e. The molecule has 0 aliphatic carbocycles. The molecule has 0 radical (unpaired) electrons. The van der Waals surface area contributed by atoms with Crippen LogP contribution in [-0.4, -0.2) is 46.9 Å². The fourth-order valence-electron chi connectivity index (χ4n) is 4.25. The summed E-state index contributed by atoms with van der Waals surface area (Å²) in [6.45, 7) is 11.6. The summed E-state index contributed by atoms with van der Waals surface area (Å²) in [4.78, 5) is 9.01. The van der Waals surface area contributed by atoms with Crippen LogP contribution in [0.15, 0.2) is 78.8 Å². The molecule has 2 aliphatic heterocycles. The molecule has 2 aliphatic rings. The third-order valence-corrected chi connectivity index (χ3v) is 5.58. The average molecular weight is 374 g/mol. The van der Waals surface area contributed by atoms with E-state index in [0.717, 1.165) is 55.2 Å². The number of aliphatic hydroxyl groups is 1. The minimum absolute atomic E-state index is 0.570. The largest absolute Gasteiger partial charge is 0.366 e. The van der Waals surface area contributed by atoms with Gasteiger partial charge in [0.15, 0.2) is 5.72 Å². The molecule has 2 heterocycles. The number of aliphatic imine (C=N–C) groups is 1. The molecule has 0 aromatic heterocycles. The summed E-state index contributed by atoms with van der Waals surface area (Å²) in [5, 5.41) is 11.7. The zero-order valence-electron chi connectivity index (χ0n) is 16.2. The lowest BCUT2D eigenvalue weighted by Crippen LogP contribution is -2.53. The molecule has 4 rings (SSSR count). The van der Waals surface area contributed by atoms with Gasteiger partial charge in [0.25, 0.3) is 0 Å². The van der Waals surface area contributed by atoms with Crippen molar-refractivity contribution in [3.63, 3.8) is 0 Å². The first-order valence-corrected chi connectivity index (χ1v) is 9.82. The maximum Gasteiger partial charge on any atom is 0.169 e. The van der Waals surface area contributed by atoms with Crippen LogP contribution in [0.25, 0.3) is 0 Å². The molecular formula is C24H27N3O. The summed E-state index contributed by atoms with van der Waals surface area (Å²) in [5.41, 5.74) is 3.37. The third kappa shape index (κ3) is 3.30. The van der Waals surface area contributed by atoms with Crippen molar-refractivity contribution in [1.82, 2.24) is 9.80 Å². The number of amidine groups is 1. The van der Waals surface area contributed by atoms with E-state index in [1.165, 1.54) is 5.56 Å². The SMILES string of the molecule is C=CCN(CC=C)Cc1ccc(C2(O)Cc3ccccc3C3=NCCN32)cc1. The number of benzene rings is 2. The van der Waals surface area contributed by atoms with Gasteiger partial charge >= 0.3 is 0 Å². The zero-order valence-corrected chi connectivity index (χ0v) is 16.2. The summed E-state index contributed by atoms with van der Waals surface area (Å²) in [5.74, 6) is 0.913. The molecule has 0 amide bonds. The highest BCUT2D eigenvalue weighted by Crippen LogP contribution is 2.38. The van der Waals surface area contributed by atoms with Crippen molar-refractivity contribution in [2.24, 2.45) is 4.99 Å². The molecule has 0 spiro atoms. The Balaban J connectivity index is 1.61. The first-order chi connectivity index (χ1) is 13.7. The number of fused-ring (bicyclic) bond motifs is 3. The molecule has 2 aromatic carbocycles. The van der Waals surface area contributed by atoms with E-state index in [1.807, 2.05) is 24.3 Å². The number of nitrogens with zero attached hydrogens (tertiary/aromatic N) is 3. The predicted molar refractivity (Wildman–Crippen MR) is 114 cm³/mol. The van der Waals surface area contributed by atoms with Crippen LogP contribution in [0, 0.1) is 0 Å². The van der Waals surface area contributed by atoms with Gasteiger partial charge in [0.05, 0.1) is 6.54 Å². The fraction of sp³-hybridized carbons (Fsp3) is 0.292. The molecule has 2 aromatic rings. The van der Waals surface area contributed by atoms with Crippen molar-refractivity contribution in [1.29, 1.82) is 0 Å². The summed E-state index contributed by atoms with van der Waals surface area (Å²) in [6.07, 6.45) is 4.39. The Morgan fingerprint density at radius 2 is 1.79 bits per heavy atom. The standard InChI is InChI=1S/C24H27N3O/c1-3-14-26(15-4-2)18-19-9-11-21(12-10-19)24(28)17-20-7-5-6-8-22(20)23-25-13-16-27(23)24/h3-12,28H,1-2,13-18H2. The maximum atomic E-state index is 11.7. The van der Waals surface area contributed by atoms with Crippen molar-refractivity contribution in [3.8, 4) is 0 Å². The Bertz CT molecular complexity index is 892. The lowest BCUT2D eigenvalue weighted by Gasteiger charge is -2.43. The Hall–Kier alpha value is -2.69. The molecule has 0 saturated carbocycles. The van der Waals surface area contributed by atoms with Gasteiger partial charge in [-0.05, 0) is 11.1 Å². The van der Waals surface area contributed by atoms with Crippen LogP contribution in [0.4, 0.5) is 0 Å². The Morgan fingerprint density at radius 3 is 2.50 bits per heavy atom. The van der Waals surface area contributed by atoms with Gasteiger partial charge in [-0.3, -0.25) is 9.89 Å². The van der Waals surface area contributed by atoms with Crippen LogP contribution in [-0.2, 0) is 18.7 Å². The van der Waals surface area contributed by atoms with E-state index in [1.54, 1.807) is 0 Å². The zero-order chi connectivity index (χ0) is 19.6. The first-order valence-electron chi connectivity index (χ1n) is 9.82. The quantitative estimate of drug-likeness (QED) is 0.757. The van der Waals surface area contributed by atoms with Gasteiger partial charge in [0.2, 0.25) is 0 Å². The van der Waals surface area contributed by atoms with Gasteiger partial charge in [-0.2, -0.15) is 0 Å². The molecule has 1 N–H and O–H groups in total. The minimum Gasteiger partial charge on any atom is -0.366 e. The summed E-state index contributed by atoms with van der Waals surface area (Å²) >= 11 is 0. The highest BCUT2D eigenvalue weighted by atomic mass is 16.3. The van der Waals surface area contributed by atoms with E-state index >= 15 is 0 Å². The summed E-state index contributed by atoms with van der Waals surface area (Å²) in [7, 11) is 0.